The van der Waals surface area contributed by atoms with Gasteiger partial charge >= 0.3 is 0 Å². The number of hydrogen-bond donors (Lipinski definition) is 0. The van der Waals surface area contributed by atoms with Crippen LogP contribution in [0.25, 0.3) is 5.57 Å². The third kappa shape index (κ3) is 3.67. The number of allylic oxidation sites excluding steroid dienone is 4. The highest BCUT2D eigenvalue weighted by atomic mass is 79.9. The van der Waals surface area contributed by atoms with E-state index in [9.17, 15) is 0 Å². The van der Waals surface area contributed by atoms with Crippen molar-refractivity contribution in [2.45, 2.75) is 38.5 Å². The summed E-state index contributed by atoms with van der Waals surface area (Å²) >= 11 is 3.52. The molecule has 1 atom stereocenters. The van der Waals surface area contributed by atoms with Crippen LogP contribution < -0.4 is 0 Å². The molecule has 1 aliphatic carbocycles. The summed E-state index contributed by atoms with van der Waals surface area (Å²) in [5.41, 5.74) is 5.71. The molecule has 0 aliphatic heterocycles. The molecule has 0 aromatic heterocycles. The van der Waals surface area contributed by atoms with Gasteiger partial charge < -0.3 is 0 Å². The van der Waals surface area contributed by atoms with E-state index < -0.39 is 0 Å². The molecule has 0 heterocycles. The highest BCUT2D eigenvalue weighted by molar-refractivity contribution is 9.10. The highest BCUT2D eigenvalue weighted by Crippen LogP contribution is 2.38. The van der Waals surface area contributed by atoms with Gasteiger partial charge in [0.05, 0.1) is 0 Å². The van der Waals surface area contributed by atoms with Crippen LogP contribution in [0.4, 0.5) is 0 Å². The van der Waals surface area contributed by atoms with Gasteiger partial charge in [0.2, 0.25) is 0 Å². The van der Waals surface area contributed by atoms with Crippen molar-refractivity contribution in [1.82, 2.24) is 0 Å². The molecule has 0 amide bonds. The van der Waals surface area contributed by atoms with Gasteiger partial charge in [0.15, 0.2) is 0 Å². The third-order valence-corrected chi connectivity index (χ3v) is 5.04. The zero-order valence-corrected chi connectivity index (χ0v) is 15.6. The maximum atomic E-state index is 3.52. The predicted molar refractivity (Wildman–Crippen MR) is 104 cm³/mol. The molecule has 0 fully saturated rings. The minimum atomic E-state index is 0.204. The standard InChI is InChI=1S/C22H23Br/c1-22(2,3)18-12-8-16(9-13-18)20-6-4-5-7-21(20)17-10-14-19(23)15-11-17/h4-5,7-15,20H,6H2,1-3H3. The molecular weight excluding hydrogens is 344 g/mol. The quantitative estimate of drug-likeness (QED) is 0.543. The van der Waals surface area contributed by atoms with Gasteiger partial charge in [-0.3, -0.25) is 0 Å². The summed E-state index contributed by atoms with van der Waals surface area (Å²) in [5.74, 6) is 0.440. The lowest BCUT2D eigenvalue weighted by atomic mass is 9.80. The summed E-state index contributed by atoms with van der Waals surface area (Å²) in [6.07, 6.45) is 7.77. The van der Waals surface area contributed by atoms with Crippen molar-refractivity contribution in [1.29, 1.82) is 0 Å². The Bertz CT molecular complexity index is 725. The van der Waals surface area contributed by atoms with E-state index in [1.807, 2.05) is 0 Å². The zero-order chi connectivity index (χ0) is 16.4. The van der Waals surface area contributed by atoms with Crippen LogP contribution in [-0.4, -0.2) is 0 Å². The fourth-order valence-corrected chi connectivity index (χ4v) is 3.36. The number of halogens is 1. The lowest BCUT2D eigenvalue weighted by Gasteiger charge is -2.24. The van der Waals surface area contributed by atoms with Crippen LogP contribution in [0, 0.1) is 0 Å². The average molecular weight is 367 g/mol. The maximum Gasteiger partial charge on any atom is 0.0175 e. The minimum absolute atomic E-state index is 0.204. The summed E-state index contributed by atoms with van der Waals surface area (Å²) in [7, 11) is 0. The van der Waals surface area contributed by atoms with Gasteiger partial charge in [-0.15, -0.1) is 0 Å². The van der Waals surface area contributed by atoms with Gasteiger partial charge in [0.1, 0.15) is 0 Å². The SMILES string of the molecule is CC(C)(C)c1ccc(C2CC=CC=C2c2ccc(Br)cc2)cc1. The fraction of sp³-hybridized carbons (Fsp3) is 0.273. The largest absolute Gasteiger partial charge is 0.0836 e. The molecule has 23 heavy (non-hydrogen) atoms. The first-order valence-electron chi connectivity index (χ1n) is 8.18. The lowest BCUT2D eigenvalue weighted by Crippen LogP contribution is -2.11. The summed E-state index contributed by atoms with van der Waals surface area (Å²) in [6, 6.07) is 17.8. The second kappa shape index (κ2) is 6.49. The van der Waals surface area contributed by atoms with Crippen LogP contribution in [0.1, 0.15) is 49.8 Å². The Morgan fingerprint density at radius 2 is 1.57 bits per heavy atom. The van der Waals surface area contributed by atoms with Crippen LogP contribution in [0.2, 0.25) is 0 Å². The van der Waals surface area contributed by atoms with Gasteiger partial charge in [-0.1, -0.05) is 91.3 Å². The van der Waals surface area contributed by atoms with Crippen molar-refractivity contribution in [3.8, 4) is 0 Å². The molecule has 0 nitrogen and oxygen atoms in total. The van der Waals surface area contributed by atoms with Gasteiger partial charge in [0, 0.05) is 10.4 Å². The molecule has 1 aliphatic rings. The highest BCUT2D eigenvalue weighted by Gasteiger charge is 2.20. The molecule has 1 unspecified atom stereocenters. The molecule has 2 aromatic rings. The monoisotopic (exact) mass is 366 g/mol. The Labute approximate surface area is 148 Å². The summed E-state index contributed by atoms with van der Waals surface area (Å²) in [5, 5.41) is 0. The van der Waals surface area contributed by atoms with E-state index in [-0.39, 0.29) is 5.41 Å². The van der Waals surface area contributed by atoms with E-state index in [0.717, 1.165) is 10.9 Å². The lowest BCUT2D eigenvalue weighted by molar-refractivity contribution is 0.590. The second-order valence-corrected chi connectivity index (χ2v) is 8.13. The first-order chi connectivity index (χ1) is 10.9. The Kier molecular flexibility index (Phi) is 4.59. The van der Waals surface area contributed by atoms with E-state index in [1.54, 1.807) is 0 Å². The Hall–Kier alpha value is -1.60. The van der Waals surface area contributed by atoms with Crippen molar-refractivity contribution in [3.63, 3.8) is 0 Å². The van der Waals surface area contributed by atoms with E-state index >= 15 is 0 Å². The van der Waals surface area contributed by atoms with Crippen molar-refractivity contribution in [2.75, 3.05) is 0 Å². The molecule has 0 spiro atoms. The van der Waals surface area contributed by atoms with Gasteiger partial charge in [-0.05, 0) is 46.2 Å². The molecule has 0 saturated carbocycles. The molecular formula is C22H23Br. The van der Waals surface area contributed by atoms with E-state index in [1.165, 1.54) is 22.3 Å². The van der Waals surface area contributed by atoms with Crippen LogP contribution in [0.15, 0.2) is 71.2 Å². The molecule has 0 bridgehead atoms. The fourth-order valence-electron chi connectivity index (χ4n) is 3.10. The number of hydrogen-bond acceptors (Lipinski definition) is 0. The van der Waals surface area contributed by atoms with Crippen molar-refractivity contribution in [2.24, 2.45) is 0 Å². The first kappa shape index (κ1) is 16.3. The van der Waals surface area contributed by atoms with Crippen molar-refractivity contribution in [3.05, 3.63) is 87.9 Å². The van der Waals surface area contributed by atoms with Crippen LogP contribution >= 0.6 is 15.9 Å². The van der Waals surface area contributed by atoms with Gasteiger partial charge in [0.25, 0.3) is 0 Å². The van der Waals surface area contributed by atoms with Crippen LogP contribution in [-0.2, 0) is 5.41 Å². The molecule has 1 heteroatoms. The Morgan fingerprint density at radius 3 is 2.17 bits per heavy atom. The van der Waals surface area contributed by atoms with Crippen molar-refractivity contribution >= 4 is 21.5 Å². The van der Waals surface area contributed by atoms with Gasteiger partial charge in [-0.25, -0.2) is 0 Å². The molecule has 0 N–H and O–H groups in total. The summed E-state index contributed by atoms with van der Waals surface area (Å²) in [4.78, 5) is 0. The van der Waals surface area contributed by atoms with E-state index in [2.05, 4.69) is 103 Å². The van der Waals surface area contributed by atoms with Gasteiger partial charge in [-0.2, -0.15) is 0 Å². The van der Waals surface area contributed by atoms with E-state index in [4.69, 9.17) is 0 Å². The number of benzene rings is 2. The van der Waals surface area contributed by atoms with Crippen LogP contribution in [0.3, 0.4) is 0 Å². The summed E-state index contributed by atoms with van der Waals surface area (Å²) in [6.45, 7) is 6.79. The molecule has 2 aromatic carbocycles. The first-order valence-corrected chi connectivity index (χ1v) is 8.97. The summed E-state index contributed by atoms with van der Waals surface area (Å²) < 4.78 is 1.12. The molecule has 0 radical (unpaired) electrons. The van der Waals surface area contributed by atoms with E-state index in [0.29, 0.717) is 5.92 Å². The normalized spacial score (nSPS) is 17.9. The topological polar surface area (TPSA) is 0 Å². The predicted octanol–water partition coefficient (Wildman–Crippen LogP) is 6.87. The maximum absolute atomic E-state index is 3.52. The molecule has 118 valence electrons. The van der Waals surface area contributed by atoms with Crippen molar-refractivity contribution < 1.29 is 0 Å². The zero-order valence-electron chi connectivity index (χ0n) is 14.0. The molecule has 3 rings (SSSR count). The second-order valence-electron chi connectivity index (χ2n) is 7.22. The average Bonchev–Trinajstić information content (AvgIpc) is 2.55. The van der Waals surface area contributed by atoms with Crippen LogP contribution in [0.5, 0.6) is 0 Å². The Morgan fingerprint density at radius 1 is 0.913 bits per heavy atom. The smallest absolute Gasteiger partial charge is 0.0175 e. The minimum Gasteiger partial charge on any atom is -0.0836 e. The number of rotatable bonds is 2. The molecule has 0 saturated heterocycles. The Balaban J connectivity index is 1.93. The third-order valence-electron chi connectivity index (χ3n) is 4.52.